The summed E-state index contributed by atoms with van der Waals surface area (Å²) in [4.78, 5) is 57.6. The number of hydrogen-bond donors (Lipinski definition) is 0. The number of halogens is 1. The lowest BCUT2D eigenvalue weighted by Gasteiger charge is -2.39. The van der Waals surface area contributed by atoms with Crippen LogP contribution in [0.3, 0.4) is 0 Å². The van der Waals surface area contributed by atoms with E-state index in [2.05, 4.69) is 0 Å². The number of nitrogens with zero attached hydrogens (tertiary/aromatic N) is 4. The Bertz CT molecular complexity index is 1310. The number of imide groups is 1. The summed E-state index contributed by atoms with van der Waals surface area (Å²) in [6, 6.07) is 12.2. The fourth-order valence-electron chi connectivity index (χ4n) is 5.71. The molecule has 0 aromatic heterocycles. The molecule has 2 fully saturated rings. The van der Waals surface area contributed by atoms with Crippen molar-refractivity contribution >= 4 is 35.2 Å². The van der Waals surface area contributed by atoms with Crippen LogP contribution in [0.25, 0.3) is 0 Å². The number of piperidine rings is 1. The third-order valence-electron chi connectivity index (χ3n) is 7.68. The Balaban J connectivity index is 1.36. The van der Waals surface area contributed by atoms with E-state index in [0.29, 0.717) is 16.9 Å². The standard InChI is InChI=1S/C29H33FN4O5/c1-28(2,3)39-27(38)32-12-10-29(11-13-32)25-21(30)14-20(15-22(25)31(4)26(29)37)33-17-23(35)34(24(36)18-33)16-19-8-6-5-7-9-19/h5-9,14-15H,10-13,16-18H2,1-4H3. The highest BCUT2D eigenvalue weighted by Crippen LogP contribution is 2.50. The maximum atomic E-state index is 15.8. The lowest BCUT2D eigenvalue weighted by atomic mass is 9.73. The normalized spacial score (nSPS) is 19.2. The Morgan fingerprint density at radius 2 is 1.62 bits per heavy atom. The highest BCUT2D eigenvalue weighted by atomic mass is 19.1. The molecule has 4 amide bonds. The summed E-state index contributed by atoms with van der Waals surface area (Å²) in [7, 11) is 1.60. The molecule has 206 valence electrons. The van der Waals surface area contributed by atoms with Gasteiger partial charge in [0.15, 0.2) is 0 Å². The van der Waals surface area contributed by atoms with Crippen molar-refractivity contribution in [2.45, 2.75) is 51.2 Å². The number of piperazine rings is 1. The molecule has 3 aliphatic rings. The van der Waals surface area contributed by atoms with E-state index >= 15 is 4.39 Å². The summed E-state index contributed by atoms with van der Waals surface area (Å²) in [6.07, 6.45) is 0.0923. The van der Waals surface area contributed by atoms with Gasteiger partial charge >= 0.3 is 6.09 Å². The van der Waals surface area contributed by atoms with Crippen molar-refractivity contribution in [3.05, 3.63) is 59.4 Å². The number of rotatable bonds is 3. The molecule has 10 heteroatoms. The Morgan fingerprint density at radius 1 is 1.00 bits per heavy atom. The number of hydrogen-bond acceptors (Lipinski definition) is 6. The van der Waals surface area contributed by atoms with Crippen LogP contribution in [0.1, 0.15) is 44.7 Å². The van der Waals surface area contributed by atoms with Crippen LogP contribution in [-0.2, 0) is 31.1 Å². The molecule has 0 radical (unpaired) electrons. The van der Waals surface area contributed by atoms with E-state index in [1.807, 2.05) is 30.3 Å². The molecule has 0 saturated carbocycles. The summed E-state index contributed by atoms with van der Waals surface area (Å²) in [6.45, 7) is 5.93. The summed E-state index contributed by atoms with van der Waals surface area (Å²) in [5, 5.41) is 0. The quantitative estimate of drug-likeness (QED) is 0.559. The van der Waals surface area contributed by atoms with Crippen molar-refractivity contribution in [3.63, 3.8) is 0 Å². The maximum Gasteiger partial charge on any atom is 0.410 e. The topological polar surface area (TPSA) is 90.5 Å². The molecule has 2 saturated heterocycles. The summed E-state index contributed by atoms with van der Waals surface area (Å²) >= 11 is 0. The average Bonchev–Trinajstić information content (AvgIpc) is 3.08. The van der Waals surface area contributed by atoms with Gasteiger partial charge in [0.2, 0.25) is 17.7 Å². The van der Waals surface area contributed by atoms with Gasteiger partial charge in [0, 0.05) is 31.4 Å². The first kappa shape index (κ1) is 26.6. The third kappa shape index (κ3) is 4.84. The van der Waals surface area contributed by atoms with Crippen molar-refractivity contribution in [2.24, 2.45) is 0 Å². The van der Waals surface area contributed by atoms with Gasteiger partial charge in [-0.05, 0) is 51.3 Å². The van der Waals surface area contributed by atoms with Crippen LogP contribution >= 0.6 is 0 Å². The molecular formula is C29H33FN4O5. The molecular weight excluding hydrogens is 503 g/mol. The molecule has 2 aromatic rings. The van der Waals surface area contributed by atoms with E-state index in [4.69, 9.17) is 4.74 Å². The van der Waals surface area contributed by atoms with E-state index in [-0.39, 0.29) is 63.3 Å². The number of anilines is 2. The van der Waals surface area contributed by atoms with Gasteiger partial charge in [-0.15, -0.1) is 0 Å². The maximum absolute atomic E-state index is 15.8. The Hall–Kier alpha value is -3.95. The number of ether oxygens (including phenoxy) is 1. The van der Waals surface area contributed by atoms with Gasteiger partial charge in [-0.25, -0.2) is 9.18 Å². The monoisotopic (exact) mass is 536 g/mol. The Kier molecular flexibility index (Phi) is 6.60. The lowest BCUT2D eigenvalue weighted by molar-refractivity contribution is -0.146. The first-order chi connectivity index (χ1) is 18.4. The van der Waals surface area contributed by atoms with Gasteiger partial charge in [-0.1, -0.05) is 30.3 Å². The van der Waals surface area contributed by atoms with Crippen LogP contribution in [0.2, 0.25) is 0 Å². The predicted molar refractivity (Wildman–Crippen MR) is 143 cm³/mol. The van der Waals surface area contributed by atoms with E-state index in [9.17, 15) is 19.2 Å². The lowest BCUT2D eigenvalue weighted by Crippen LogP contribution is -2.53. The van der Waals surface area contributed by atoms with Gasteiger partial charge < -0.3 is 19.4 Å². The fourth-order valence-corrected chi connectivity index (χ4v) is 5.71. The molecule has 0 unspecified atom stereocenters. The zero-order valence-electron chi connectivity index (χ0n) is 22.7. The summed E-state index contributed by atoms with van der Waals surface area (Å²) in [5.74, 6) is -1.52. The SMILES string of the molecule is CN1C(=O)C2(CCN(C(=O)OC(C)(C)C)CC2)c2c(F)cc(N3CC(=O)N(Cc4ccccc4)C(=O)C3)cc21. The highest BCUT2D eigenvalue weighted by Gasteiger charge is 2.53. The minimum absolute atomic E-state index is 0.0789. The van der Waals surface area contributed by atoms with Crippen LogP contribution in [0, 0.1) is 5.82 Å². The van der Waals surface area contributed by atoms with E-state index in [1.165, 1.54) is 15.9 Å². The Labute approximate surface area is 227 Å². The first-order valence-corrected chi connectivity index (χ1v) is 13.1. The van der Waals surface area contributed by atoms with Crippen LogP contribution in [0.5, 0.6) is 0 Å². The number of likely N-dealkylation sites (N-methyl/N-ethyl adjacent to an activating group) is 1. The number of likely N-dealkylation sites (tertiary alicyclic amines) is 1. The molecule has 5 rings (SSSR count). The molecule has 39 heavy (non-hydrogen) atoms. The van der Waals surface area contributed by atoms with Crippen molar-refractivity contribution < 1.29 is 28.3 Å². The highest BCUT2D eigenvalue weighted by molar-refractivity contribution is 6.09. The van der Waals surface area contributed by atoms with Crippen LogP contribution in [-0.4, -0.2) is 72.4 Å². The van der Waals surface area contributed by atoms with Crippen LogP contribution in [0.15, 0.2) is 42.5 Å². The van der Waals surface area contributed by atoms with Gasteiger partial charge in [-0.2, -0.15) is 0 Å². The van der Waals surface area contributed by atoms with E-state index in [0.717, 1.165) is 5.56 Å². The Morgan fingerprint density at radius 3 is 2.21 bits per heavy atom. The van der Waals surface area contributed by atoms with Crippen molar-refractivity contribution in [3.8, 4) is 0 Å². The predicted octanol–water partition coefficient (Wildman–Crippen LogP) is 3.45. The van der Waals surface area contributed by atoms with E-state index < -0.39 is 22.9 Å². The van der Waals surface area contributed by atoms with Gasteiger partial charge in [0.25, 0.3) is 0 Å². The molecule has 0 aliphatic carbocycles. The molecule has 3 aliphatic heterocycles. The minimum atomic E-state index is -1.08. The average molecular weight is 537 g/mol. The molecule has 3 heterocycles. The smallest absolute Gasteiger partial charge is 0.410 e. The van der Waals surface area contributed by atoms with Gasteiger partial charge in [0.1, 0.15) is 11.4 Å². The molecule has 0 bridgehead atoms. The molecule has 1 spiro atoms. The zero-order valence-corrected chi connectivity index (χ0v) is 22.7. The van der Waals surface area contributed by atoms with Crippen molar-refractivity contribution in [1.82, 2.24) is 9.80 Å². The van der Waals surface area contributed by atoms with Gasteiger partial charge in [-0.3, -0.25) is 19.3 Å². The second-order valence-corrected chi connectivity index (χ2v) is 11.5. The largest absolute Gasteiger partial charge is 0.444 e. The first-order valence-electron chi connectivity index (χ1n) is 13.1. The minimum Gasteiger partial charge on any atom is -0.444 e. The molecule has 2 aromatic carbocycles. The summed E-state index contributed by atoms with van der Waals surface area (Å²) in [5.41, 5.74) is 0.232. The number of carbonyl (C=O) groups excluding carboxylic acids is 4. The third-order valence-corrected chi connectivity index (χ3v) is 7.68. The van der Waals surface area contributed by atoms with Crippen molar-refractivity contribution in [2.75, 3.05) is 43.0 Å². The van der Waals surface area contributed by atoms with E-state index in [1.54, 1.807) is 43.7 Å². The number of fused-ring (bicyclic) bond motifs is 2. The second-order valence-electron chi connectivity index (χ2n) is 11.5. The van der Waals surface area contributed by atoms with Crippen LogP contribution in [0.4, 0.5) is 20.6 Å². The van der Waals surface area contributed by atoms with Crippen molar-refractivity contribution in [1.29, 1.82) is 0 Å². The molecule has 9 nitrogen and oxygen atoms in total. The second kappa shape index (κ2) is 9.66. The van der Waals surface area contributed by atoms with Gasteiger partial charge in [0.05, 0.1) is 30.7 Å². The van der Waals surface area contributed by atoms with Crippen LogP contribution < -0.4 is 9.80 Å². The number of benzene rings is 2. The summed E-state index contributed by atoms with van der Waals surface area (Å²) < 4.78 is 21.3. The molecule has 0 N–H and O–H groups in total. The number of carbonyl (C=O) groups is 4. The zero-order chi connectivity index (χ0) is 28.1. The molecule has 0 atom stereocenters. The fraction of sp³-hybridized carbons (Fsp3) is 0.448. The number of amides is 4.